The molecule has 1 unspecified atom stereocenters. The standard InChI is InChI=1S/C46H80O6/c1-4-7-10-13-15-17-18-19-20-21-22-23-24-25-26-27-28-29-31-33-36-39-45(48)51-42-43(41-50-44(47)38-35-32-12-9-6-3)52-46(49)40-37-34-30-16-14-11-8-5-2/h7,10,15,17,19-20,22-23,43H,4-6,8-9,11-14,16,18,21,24-42H2,1-3H3/b10-7-,17-15-,20-19-,23-22-. The molecule has 0 aliphatic rings. The SMILES string of the molecule is CC/C=C\C/C=C\C/C=C\C/C=C\CCCCCCCCCCC(=O)OCC(COC(=O)CCCCCCC)OC(=O)CCCCCCCCCC. The van der Waals surface area contributed by atoms with Crippen molar-refractivity contribution in [1.29, 1.82) is 0 Å². The lowest BCUT2D eigenvalue weighted by molar-refractivity contribution is -0.167. The summed E-state index contributed by atoms with van der Waals surface area (Å²) in [5, 5.41) is 0. The Kier molecular flexibility index (Phi) is 39.1. The van der Waals surface area contributed by atoms with Gasteiger partial charge in [0.25, 0.3) is 0 Å². The number of unbranched alkanes of at least 4 members (excludes halogenated alkanes) is 19. The first kappa shape index (κ1) is 49.4. The first-order chi connectivity index (χ1) is 25.5. The van der Waals surface area contributed by atoms with Gasteiger partial charge in [0.05, 0.1) is 0 Å². The number of esters is 3. The molecule has 0 aromatic carbocycles. The van der Waals surface area contributed by atoms with Crippen LogP contribution < -0.4 is 0 Å². The Balaban J connectivity index is 4.12. The molecule has 0 aliphatic carbocycles. The highest BCUT2D eigenvalue weighted by Gasteiger charge is 2.19. The second kappa shape index (κ2) is 41.1. The topological polar surface area (TPSA) is 78.9 Å². The average molecular weight is 729 g/mol. The van der Waals surface area contributed by atoms with Gasteiger partial charge in [-0.3, -0.25) is 14.4 Å². The van der Waals surface area contributed by atoms with Gasteiger partial charge in [0.15, 0.2) is 6.10 Å². The van der Waals surface area contributed by atoms with Crippen molar-refractivity contribution in [1.82, 2.24) is 0 Å². The van der Waals surface area contributed by atoms with Gasteiger partial charge in [-0.15, -0.1) is 0 Å². The summed E-state index contributed by atoms with van der Waals surface area (Å²) in [5.41, 5.74) is 0. The fourth-order valence-corrected chi connectivity index (χ4v) is 5.84. The van der Waals surface area contributed by atoms with Crippen LogP contribution in [-0.2, 0) is 28.6 Å². The molecule has 0 saturated carbocycles. The quantitative estimate of drug-likeness (QED) is 0.0272. The minimum atomic E-state index is -0.766. The molecule has 0 aromatic heterocycles. The molecule has 0 rings (SSSR count). The first-order valence-electron chi connectivity index (χ1n) is 21.6. The summed E-state index contributed by atoms with van der Waals surface area (Å²) in [5.74, 6) is -0.905. The van der Waals surface area contributed by atoms with Gasteiger partial charge in [-0.05, 0) is 57.8 Å². The van der Waals surface area contributed by atoms with Crippen molar-refractivity contribution in [2.45, 2.75) is 213 Å². The summed E-state index contributed by atoms with van der Waals surface area (Å²) in [6.45, 7) is 6.39. The van der Waals surface area contributed by atoms with Gasteiger partial charge in [0.2, 0.25) is 0 Å². The van der Waals surface area contributed by atoms with Crippen LogP contribution in [0.2, 0.25) is 0 Å². The van der Waals surface area contributed by atoms with E-state index in [4.69, 9.17) is 14.2 Å². The van der Waals surface area contributed by atoms with Gasteiger partial charge >= 0.3 is 17.9 Å². The number of carbonyl (C=O) groups excluding carboxylic acids is 3. The van der Waals surface area contributed by atoms with Crippen LogP contribution in [0.4, 0.5) is 0 Å². The molecule has 0 aromatic rings. The highest BCUT2D eigenvalue weighted by molar-refractivity contribution is 5.71. The number of carbonyl (C=O) groups is 3. The van der Waals surface area contributed by atoms with E-state index >= 15 is 0 Å². The molecule has 0 amide bonds. The number of allylic oxidation sites excluding steroid dienone is 8. The molecule has 0 heterocycles. The normalized spacial score (nSPS) is 12.4. The predicted molar refractivity (Wildman–Crippen MR) is 219 cm³/mol. The average Bonchev–Trinajstić information content (AvgIpc) is 3.14. The minimum absolute atomic E-state index is 0.0757. The van der Waals surface area contributed by atoms with Gasteiger partial charge in [-0.25, -0.2) is 0 Å². The Bertz CT molecular complexity index is 933. The summed E-state index contributed by atoms with van der Waals surface area (Å²) in [6, 6.07) is 0. The van der Waals surface area contributed by atoms with Crippen molar-refractivity contribution in [2.24, 2.45) is 0 Å². The monoisotopic (exact) mass is 729 g/mol. The van der Waals surface area contributed by atoms with Crippen LogP contribution in [0.1, 0.15) is 207 Å². The molecule has 0 bridgehead atoms. The van der Waals surface area contributed by atoms with E-state index < -0.39 is 6.10 Å². The van der Waals surface area contributed by atoms with Gasteiger partial charge in [-0.1, -0.05) is 179 Å². The third-order valence-corrected chi connectivity index (χ3v) is 9.10. The zero-order valence-electron chi connectivity index (χ0n) is 34.1. The lowest BCUT2D eigenvalue weighted by Crippen LogP contribution is -2.30. The summed E-state index contributed by atoms with van der Waals surface area (Å²) in [6.07, 6.45) is 47.1. The van der Waals surface area contributed by atoms with Crippen molar-refractivity contribution in [3.63, 3.8) is 0 Å². The maximum atomic E-state index is 12.6. The minimum Gasteiger partial charge on any atom is -0.462 e. The van der Waals surface area contributed by atoms with E-state index in [9.17, 15) is 14.4 Å². The van der Waals surface area contributed by atoms with Crippen molar-refractivity contribution < 1.29 is 28.6 Å². The molecule has 1 atom stereocenters. The second-order valence-electron chi connectivity index (χ2n) is 14.2. The molecule has 0 radical (unpaired) electrons. The summed E-state index contributed by atoms with van der Waals surface area (Å²) < 4.78 is 16.5. The molecule has 6 nitrogen and oxygen atoms in total. The van der Waals surface area contributed by atoms with E-state index in [0.717, 1.165) is 96.3 Å². The Hall–Kier alpha value is -2.63. The number of ether oxygens (including phenoxy) is 3. The fourth-order valence-electron chi connectivity index (χ4n) is 5.84. The van der Waals surface area contributed by atoms with Crippen LogP contribution in [0, 0.1) is 0 Å². The van der Waals surface area contributed by atoms with E-state index in [2.05, 4.69) is 69.4 Å². The smallest absolute Gasteiger partial charge is 0.306 e. The number of hydrogen-bond acceptors (Lipinski definition) is 6. The third kappa shape index (κ3) is 38.6. The number of rotatable bonds is 38. The predicted octanol–water partition coefficient (Wildman–Crippen LogP) is 13.6. The van der Waals surface area contributed by atoms with Crippen molar-refractivity contribution in [3.8, 4) is 0 Å². The van der Waals surface area contributed by atoms with Gasteiger partial charge in [0, 0.05) is 19.3 Å². The molecule has 52 heavy (non-hydrogen) atoms. The summed E-state index contributed by atoms with van der Waals surface area (Å²) >= 11 is 0. The van der Waals surface area contributed by atoms with Crippen molar-refractivity contribution >= 4 is 17.9 Å². The van der Waals surface area contributed by atoms with Crippen LogP contribution in [0.3, 0.4) is 0 Å². The van der Waals surface area contributed by atoms with Crippen LogP contribution in [-0.4, -0.2) is 37.2 Å². The zero-order chi connectivity index (χ0) is 38.0. The lowest BCUT2D eigenvalue weighted by Gasteiger charge is -2.18. The van der Waals surface area contributed by atoms with Gasteiger partial charge in [-0.2, -0.15) is 0 Å². The fraction of sp³-hybridized carbons (Fsp3) is 0.761. The zero-order valence-corrected chi connectivity index (χ0v) is 34.1. The summed E-state index contributed by atoms with van der Waals surface area (Å²) in [4.78, 5) is 37.3. The molecule has 0 spiro atoms. The largest absolute Gasteiger partial charge is 0.462 e. The highest BCUT2D eigenvalue weighted by Crippen LogP contribution is 2.13. The Labute approximate surface area is 320 Å². The van der Waals surface area contributed by atoms with Crippen molar-refractivity contribution in [3.05, 3.63) is 48.6 Å². The van der Waals surface area contributed by atoms with E-state index in [1.807, 2.05) is 0 Å². The first-order valence-corrected chi connectivity index (χ1v) is 21.6. The molecule has 0 saturated heterocycles. The second-order valence-corrected chi connectivity index (χ2v) is 14.2. The Morgan fingerprint density at radius 1 is 0.404 bits per heavy atom. The molecule has 0 N–H and O–H groups in total. The van der Waals surface area contributed by atoms with Crippen LogP contribution in [0.5, 0.6) is 0 Å². The Morgan fingerprint density at radius 2 is 0.750 bits per heavy atom. The maximum Gasteiger partial charge on any atom is 0.306 e. The molecular weight excluding hydrogens is 649 g/mol. The van der Waals surface area contributed by atoms with E-state index in [-0.39, 0.29) is 31.1 Å². The molecule has 0 aliphatic heterocycles. The highest BCUT2D eigenvalue weighted by atomic mass is 16.6. The van der Waals surface area contributed by atoms with Gasteiger partial charge < -0.3 is 14.2 Å². The number of hydrogen-bond donors (Lipinski definition) is 0. The van der Waals surface area contributed by atoms with Gasteiger partial charge in [0.1, 0.15) is 13.2 Å². The van der Waals surface area contributed by atoms with E-state index in [1.54, 1.807) is 0 Å². The van der Waals surface area contributed by atoms with E-state index in [0.29, 0.717) is 19.3 Å². The van der Waals surface area contributed by atoms with Crippen LogP contribution in [0.25, 0.3) is 0 Å². The van der Waals surface area contributed by atoms with E-state index in [1.165, 1.54) is 70.6 Å². The Morgan fingerprint density at radius 3 is 1.17 bits per heavy atom. The van der Waals surface area contributed by atoms with Crippen LogP contribution in [0.15, 0.2) is 48.6 Å². The maximum absolute atomic E-state index is 12.6. The van der Waals surface area contributed by atoms with Crippen LogP contribution >= 0.6 is 0 Å². The molecule has 300 valence electrons. The molecule has 6 heteroatoms. The molecular formula is C46H80O6. The summed E-state index contributed by atoms with van der Waals surface area (Å²) in [7, 11) is 0. The third-order valence-electron chi connectivity index (χ3n) is 9.10. The molecule has 0 fully saturated rings. The lowest BCUT2D eigenvalue weighted by atomic mass is 10.1. The van der Waals surface area contributed by atoms with Crippen molar-refractivity contribution in [2.75, 3.05) is 13.2 Å².